The Bertz CT molecular complexity index is 1550. The highest BCUT2D eigenvalue weighted by Gasteiger charge is 2.48. The average Bonchev–Trinajstić information content (AvgIpc) is 3.54. The molecule has 1 fully saturated rings. The van der Waals surface area contributed by atoms with Crippen molar-refractivity contribution in [2.75, 3.05) is 19.0 Å². The molecule has 3 aromatic heterocycles. The lowest BCUT2D eigenvalue weighted by atomic mass is 10.0. The average molecular weight is 513 g/mol. The second-order valence-electron chi connectivity index (χ2n) is 8.81. The summed E-state index contributed by atoms with van der Waals surface area (Å²) in [5.41, 5.74) is 3.34. The second kappa shape index (κ2) is 8.36. The maximum absolute atomic E-state index is 14.4. The number of para-hydroxylation sites is 1. The molecule has 0 spiro atoms. The van der Waals surface area contributed by atoms with Crippen LogP contribution in [-0.2, 0) is 0 Å². The Morgan fingerprint density at radius 3 is 2.81 bits per heavy atom. The number of amides is 1. The van der Waals surface area contributed by atoms with Crippen LogP contribution in [-0.4, -0.2) is 46.8 Å². The number of hydrogen-bond donors (Lipinski definition) is 3. The monoisotopic (exact) mass is 513 g/mol. The Kier molecular flexibility index (Phi) is 5.21. The first-order chi connectivity index (χ1) is 17.7. The molecule has 0 bridgehead atoms. The van der Waals surface area contributed by atoms with E-state index in [-0.39, 0.29) is 40.7 Å². The van der Waals surface area contributed by atoms with Crippen LogP contribution in [0.3, 0.4) is 0 Å². The third-order valence-electron chi connectivity index (χ3n) is 6.38. The van der Waals surface area contributed by atoms with E-state index in [0.29, 0.717) is 28.0 Å². The van der Waals surface area contributed by atoms with Crippen LogP contribution < -0.4 is 20.1 Å². The standard InChI is InChI=1S/C25H19F4N5O3/c1-36-23-13(26)3-2-4-15(23)31-22-18-20(12-9-16(12)32-24(18)35)34-21(22)11-7-8-30-14-5-6-17(33-19(11)14)37-10-25(27,28)29/h2-8,12,16,31,34H,9-10H2,1H3,(H,32,35)/t12-,16+/m0/s1. The number of carbonyl (C=O) groups is 1. The molecule has 1 saturated carbocycles. The molecule has 0 unspecified atom stereocenters. The fourth-order valence-electron chi connectivity index (χ4n) is 4.67. The molecule has 1 aliphatic carbocycles. The number of halogens is 4. The fourth-order valence-corrected chi connectivity index (χ4v) is 4.67. The molecule has 12 heteroatoms. The summed E-state index contributed by atoms with van der Waals surface area (Å²) in [6.07, 6.45) is -2.23. The van der Waals surface area contributed by atoms with E-state index < -0.39 is 18.6 Å². The molecule has 37 heavy (non-hydrogen) atoms. The van der Waals surface area contributed by atoms with Gasteiger partial charge in [0.2, 0.25) is 5.88 Å². The molecule has 2 aliphatic rings. The van der Waals surface area contributed by atoms with Gasteiger partial charge in [0.1, 0.15) is 5.52 Å². The Morgan fingerprint density at radius 2 is 2.03 bits per heavy atom. The Morgan fingerprint density at radius 1 is 1.19 bits per heavy atom. The van der Waals surface area contributed by atoms with Gasteiger partial charge in [-0.25, -0.2) is 9.37 Å². The van der Waals surface area contributed by atoms with E-state index in [4.69, 9.17) is 9.47 Å². The third kappa shape index (κ3) is 4.07. The molecule has 190 valence electrons. The minimum absolute atomic E-state index is 0.0257. The first kappa shape index (κ1) is 23.1. The number of methoxy groups -OCH3 is 1. The molecular weight excluding hydrogens is 494 g/mol. The van der Waals surface area contributed by atoms with Crippen molar-refractivity contribution in [3.8, 4) is 22.9 Å². The van der Waals surface area contributed by atoms with E-state index in [9.17, 15) is 22.4 Å². The summed E-state index contributed by atoms with van der Waals surface area (Å²) < 4.78 is 62.6. The summed E-state index contributed by atoms with van der Waals surface area (Å²) >= 11 is 0. The molecule has 8 nitrogen and oxygen atoms in total. The number of H-pyrrole nitrogens is 1. The first-order valence-corrected chi connectivity index (χ1v) is 11.4. The quantitative estimate of drug-likeness (QED) is 0.312. The lowest BCUT2D eigenvalue weighted by Gasteiger charge is -2.16. The highest BCUT2D eigenvalue weighted by molar-refractivity contribution is 6.09. The maximum Gasteiger partial charge on any atom is 0.422 e. The number of alkyl halides is 3. The number of nitrogens with one attached hydrogen (secondary N) is 3. The van der Waals surface area contributed by atoms with Gasteiger partial charge >= 0.3 is 6.18 Å². The zero-order valence-corrected chi connectivity index (χ0v) is 19.2. The van der Waals surface area contributed by atoms with Gasteiger partial charge in [-0.1, -0.05) is 6.07 Å². The zero-order valence-electron chi connectivity index (χ0n) is 19.2. The van der Waals surface area contributed by atoms with Crippen molar-refractivity contribution >= 4 is 28.3 Å². The van der Waals surface area contributed by atoms with E-state index in [1.54, 1.807) is 12.1 Å². The van der Waals surface area contributed by atoms with Gasteiger partial charge in [-0.2, -0.15) is 13.2 Å². The summed E-state index contributed by atoms with van der Waals surface area (Å²) in [6, 6.07) is 8.84. The summed E-state index contributed by atoms with van der Waals surface area (Å²) in [6.45, 7) is -1.49. The number of fused-ring (bicyclic) bond motifs is 4. The van der Waals surface area contributed by atoms with Crippen LogP contribution in [0.5, 0.6) is 11.6 Å². The van der Waals surface area contributed by atoms with E-state index in [1.165, 1.54) is 37.6 Å². The number of nitrogens with zero attached hydrogens (tertiary/aromatic N) is 2. The predicted octanol–water partition coefficient (Wildman–Crippen LogP) is 5.06. The Labute approximate surface area is 207 Å². The Balaban J connectivity index is 1.52. The van der Waals surface area contributed by atoms with Crippen LogP contribution in [0, 0.1) is 5.82 Å². The molecule has 2 atom stereocenters. The first-order valence-electron chi connectivity index (χ1n) is 11.4. The third-order valence-corrected chi connectivity index (χ3v) is 6.38. The van der Waals surface area contributed by atoms with Crippen LogP contribution in [0.25, 0.3) is 22.3 Å². The van der Waals surface area contributed by atoms with E-state index in [0.717, 1.165) is 12.1 Å². The van der Waals surface area contributed by atoms with Gasteiger partial charge in [0.25, 0.3) is 5.91 Å². The smallest absolute Gasteiger partial charge is 0.422 e. The number of pyridine rings is 2. The zero-order chi connectivity index (χ0) is 25.9. The second-order valence-corrected chi connectivity index (χ2v) is 8.81. The van der Waals surface area contributed by atoms with Gasteiger partial charge < -0.3 is 25.1 Å². The fraction of sp³-hybridized carbons (Fsp3) is 0.240. The van der Waals surface area contributed by atoms with Crippen molar-refractivity contribution < 1.29 is 31.8 Å². The molecule has 4 aromatic rings. The summed E-state index contributed by atoms with van der Waals surface area (Å²) in [4.78, 5) is 25.0. The molecular formula is C25H19F4N5O3. The summed E-state index contributed by atoms with van der Waals surface area (Å²) in [5, 5.41) is 6.11. The van der Waals surface area contributed by atoms with Crippen LogP contribution in [0.15, 0.2) is 42.6 Å². The molecule has 3 N–H and O–H groups in total. The van der Waals surface area contributed by atoms with E-state index in [1.807, 2.05) is 0 Å². The largest absolute Gasteiger partial charge is 0.492 e. The number of carbonyl (C=O) groups excluding carboxylic acids is 1. The van der Waals surface area contributed by atoms with Crippen molar-refractivity contribution in [3.63, 3.8) is 0 Å². The summed E-state index contributed by atoms with van der Waals surface area (Å²) in [7, 11) is 1.33. The van der Waals surface area contributed by atoms with Gasteiger partial charge in [-0.05, 0) is 30.7 Å². The maximum atomic E-state index is 14.4. The topological polar surface area (TPSA) is 101 Å². The van der Waals surface area contributed by atoms with Gasteiger partial charge in [0, 0.05) is 35.5 Å². The Hall–Kier alpha value is -4.35. The lowest BCUT2D eigenvalue weighted by molar-refractivity contribution is -0.154. The number of aromatic nitrogens is 3. The molecule has 1 aliphatic heterocycles. The molecule has 4 heterocycles. The van der Waals surface area contributed by atoms with Gasteiger partial charge in [0.05, 0.1) is 35.3 Å². The van der Waals surface area contributed by atoms with Crippen LogP contribution >= 0.6 is 0 Å². The highest BCUT2D eigenvalue weighted by Crippen LogP contribution is 2.50. The van der Waals surface area contributed by atoms with Gasteiger partial charge in [-0.15, -0.1) is 0 Å². The van der Waals surface area contributed by atoms with Crippen molar-refractivity contribution in [3.05, 3.63) is 59.7 Å². The van der Waals surface area contributed by atoms with Crippen LogP contribution in [0.2, 0.25) is 0 Å². The number of anilines is 2. The minimum atomic E-state index is -4.53. The minimum Gasteiger partial charge on any atom is -0.492 e. The lowest BCUT2D eigenvalue weighted by Crippen LogP contribution is -2.31. The number of aromatic amines is 1. The van der Waals surface area contributed by atoms with Gasteiger partial charge in [-0.3, -0.25) is 9.78 Å². The van der Waals surface area contributed by atoms with Crippen molar-refractivity contribution in [2.45, 2.75) is 24.6 Å². The molecule has 0 radical (unpaired) electrons. The number of benzene rings is 1. The number of hydrogen-bond acceptors (Lipinski definition) is 6. The normalized spacial score (nSPS) is 18.1. The summed E-state index contributed by atoms with van der Waals surface area (Å²) in [5.74, 6) is -1.06. The number of ether oxygens (including phenoxy) is 2. The molecule has 1 aromatic carbocycles. The SMILES string of the molecule is COc1c(F)cccc1Nc1c(-c2ccnc3ccc(OCC(F)(F)F)nc23)[nH]c2c1C(=O)N[C@@H]1C[C@H]21. The molecule has 0 saturated heterocycles. The number of rotatable bonds is 6. The molecule has 1 amide bonds. The van der Waals surface area contributed by atoms with E-state index >= 15 is 0 Å². The van der Waals surface area contributed by atoms with Crippen molar-refractivity contribution in [1.82, 2.24) is 20.3 Å². The van der Waals surface area contributed by atoms with Crippen molar-refractivity contribution in [1.29, 1.82) is 0 Å². The van der Waals surface area contributed by atoms with Crippen LogP contribution in [0.4, 0.5) is 28.9 Å². The van der Waals surface area contributed by atoms with Gasteiger partial charge in [0.15, 0.2) is 18.2 Å². The molecule has 6 rings (SSSR count). The van der Waals surface area contributed by atoms with Crippen molar-refractivity contribution in [2.24, 2.45) is 0 Å². The van der Waals surface area contributed by atoms with E-state index in [2.05, 4.69) is 25.6 Å². The highest BCUT2D eigenvalue weighted by atomic mass is 19.4. The van der Waals surface area contributed by atoms with Crippen LogP contribution in [0.1, 0.15) is 28.4 Å². The predicted molar refractivity (Wildman–Crippen MR) is 126 cm³/mol.